The predicted molar refractivity (Wildman–Crippen MR) is 87.7 cm³/mol. The quantitative estimate of drug-likeness (QED) is 0.283. The summed E-state index contributed by atoms with van der Waals surface area (Å²) in [4.78, 5) is 5.36. The molecule has 0 unspecified atom stereocenters. The number of halogens is 1. The van der Waals surface area contributed by atoms with E-state index in [0.29, 0.717) is 0 Å². The first-order valence-electron chi connectivity index (χ1n) is 5.34. The highest BCUT2D eigenvalue weighted by Crippen LogP contribution is 2.17. The van der Waals surface area contributed by atoms with E-state index in [1.54, 1.807) is 7.05 Å². The summed E-state index contributed by atoms with van der Waals surface area (Å²) in [6.45, 7) is 3.01. The Hall–Kier alpha value is -0.430. The van der Waals surface area contributed by atoms with E-state index in [2.05, 4.69) is 46.8 Å². The third-order valence-corrected chi connectivity index (χ3v) is 3.16. The minimum Gasteiger partial charge on any atom is -0.359 e. The average molecular weight is 365 g/mol. The summed E-state index contributed by atoms with van der Waals surface area (Å²) in [7, 11) is 3.63. The lowest BCUT2D eigenvalue weighted by atomic mass is 10.2. The van der Waals surface area contributed by atoms with E-state index >= 15 is 0 Å². The van der Waals surface area contributed by atoms with Crippen LogP contribution in [0.3, 0.4) is 0 Å². The third-order valence-electron chi connectivity index (χ3n) is 2.14. The molecule has 1 aromatic carbocycles. The first-order chi connectivity index (χ1) is 7.76. The molecule has 17 heavy (non-hydrogen) atoms. The highest BCUT2D eigenvalue weighted by atomic mass is 127. The van der Waals surface area contributed by atoms with Gasteiger partial charge >= 0.3 is 0 Å². The van der Waals surface area contributed by atoms with Crippen molar-refractivity contribution in [3.63, 3.8) is 0 Å². The SMILES string of the molecule is CN=C(NC)NCCSc1ccc(C)cc1.I. The van der Waals surface area contributed by atoms with Gasteiger partial charge in [0.05, 0.1) is 0 Å². The Morgan fingerprint density at radius 2 is 1.94 bits per heavy atom. The summed E-state index contributed by atoms with van der Waals surface area (Å²) in [5.74, 6) is 1.87. The number of hydrogen-bond donors (Lipinski definition) is 2. The molecular formula is C12H20IN3S. The summed E-state index contributed by atoms with van der Waals surface area (Å²) in [5, 5.41) is 6.21. The molecule has 0 aromatic heterocycles. The Kier molecular flexibility index (Phi) is 9.34. The van der Waals surface area contributed by atoms with Gasteiger partial charge in [-0.1, -0.05) is 17.7 Å². The van der Waals surface area contributed by atoms with Crippen LogP contribution < -0.4 is 10.6 Å². The molecule has 0 aliphatic heterocycles. The maximum atomic E-state index is 4.05. The molecule has 1 aromatic rings. The molecule has 0 amide bonds. The van der Waals surface area contributed by atoms with Crippen LogP contribution in [0.15, 0.2) is 34.2 Å². The van der Waals surface area contributed by atoms with Crippen LogP contribution in [0.2, 0.25) is 0 Å². The lowest BCUT2D eigenvalue weighted by molar-refractivity contribution is 0.912. The van der Waals surface area contributed by atoms with Crippen molar-refractivity contribution in [1.29, 1.82) is 0 Å². The van der Waals surface area contributed by atoms with Gasteiger partial charge in [0, 0.05) is 31.3 Å². The maximum Gasteiger partial charge on any atom is 0.190 e. The molecule has 0 heterocycles. The molecule has 96 valence electrons. The van der Waals surface area contributed by atoms with Crippen molar-refractivity contribution in [2.24, 2.45) is 4.99 Å². The Bertz CT molecular complexity index is 338. The van der Waals surface area contributed by atoms with Crippen molar-refractivity contribution >= 4 is 41.7 Å². The smallest absolute Gasteiger partial charge is 0.190 e. The lowest BCUT2D eigenvalue weighted by Crippen LogP contribution is -2.35. The molecule has 0 bridgehead atoms. The van der Waals surface area contributed by atoms with Gasteiger partial charge in [-0.2, -0.15) is 0 Å². The van der Waals surface area contributed by atoms with Crippen molar-refractivity contribution < 1.29 is 0 Å². The molecule has 0 aliphatic rings. The minimum atomic E-state index is 0. The normalized spacial score (nSPS) is 10.6. The Labute approximate surface area is 125 Å². The second-order valence-corrected chi connectivity index (χ2v) is 4.58. The summed E-state index contributed by atoms with van der Waals surface area (Å²) >= 11 is 1.85. The molecule has 0 saturated heterocycles. The van der Waals surface area contributed by atoms with E-state index in [4.69, 9.17) is 0 Å². The van der Waals surface area contributed by atoms with Crippen molar-refractivity contribution in [3.8, 4) is 0 Å². The number of hydrogen-bond acceptors (Lipinski definition) is 2. The number of aliphatic imine (C=N–C) groups is 1. The monoisotopic (exact) mass is 365 g/mol. The van der Waals surface area contributed by atoms with Gasteiger partial charge in [-0.25, -0.2) is 0 Å². The van der Waals surface area contributed by atoms with E-state index in [1.165, 1.54) is 10.5 Å². The fraction of sp³-hybridized carbons (Fsp3) is 0.417. The number of nitrogens with one attached hydrogen (secondary N) is 2. The summed E-state index contributed by atoms with van der Waals surface area (Å²) < 4.78 is 0. The van der Waals surface area contributed by atoms with Gasteiger partial charge in [0.15, 0.2) is 5.96 Å². The summed E-state index contributed by atoms with van der Waals surface area (Å²) in [5.41, 5.74) is 1.30. The van der Waals surface area contributed by atoms with E-state index in [-0.39, 0.29) is 24.0 Å². The largest absolute Gasteiger partial charge is 0.359 e. The van der Waals surface area contributed by atoms with Crippen LogP contribution in [-0.4, -0.2) is 32.4 Å². The van der Waals surface area contributed by atoms with Crippen LogP contribution in [-0.2, 0) is 0 Å². The standard InChI is InChI=1S/C12H19N3S.HI/c1-10-4-6-11(7-5-10)16-9-8-15-12(13-2)14-3;/h4-7H,8-9H2,1-3H3,(H2,13,14,15);1H. The van der Waals surface area contributed by atoms with Gasteiger partial charge in [-0.15, -0.1) is 35.7 Å². The van der Waals surface area contributed by atoms with Crippen LogP contribution >= 0.6 is 35.7 Å². The fourth-order valence-corrected chi connectivity index (χ4v) is 2.02. The van der Waals surface area contributed by atoms with E-state index in [0.717, 1.165) is 18.3 Å². The van der Waals surface area contributed by atoms with E-state index < -0.39 is 0 Å². The van der Waals surface area contributed by atoms with Gasteiger partial charge in [0.25, 0.3) is 0 Å². The summed E-state index contributed by atoms with van der Waals surface area (Å²) in [6.07, 6.45) is 0. The van der Waals surface area contributed by atoms with Gasteiger partial charge in [-0.05, 0) is 19.1 Å². The van der Waals surface area contributed by atoms with Crippen molar-refractivity contribution in [3.05, 3.63) is 29.8 Å². The summed E-state index contributed by atoms with van der Waals surface area (Å²) in [6, 6.07) is 8.60. The topological polar surface area (TPSA) is 36.4 Å². The zero-order chi connectivity index (χ0) is 11.8. The van der Waals surface area contributed by atoms with Crippen LogP contribution in [0.1, 0.15) is 5.56 Å². The molecule has 2 N–H and O–H groups in total. The zero-order valence-corrected chi connectivity index (χ0v) is 13.6. The molecule has 3 nitrogen and oxygen atoms in total. The number of guanidine groups is 1. The Balaban J connectivity index is 0.00000256. The fourth-order valence-electron chi connectivity index (χ4n) is 1.25. The lowest BCUT2D eigenvalue weighted by Gasteiger charge is -2.07. The first kappa shape index (κ1) is 16.6. The number of rotatable bonds is 4. The van der Waals surface area contributed by atoms with Gasteiger partial charge in [-0.3, -0.25) is 4.99 Å². The van der Waals surface area contributed by atoms with E-state index in [1.807, 2.05) is 18.8 Å². The van der Waals surface area contributed by atoms with Gasteiger partial charge < -0.3 is 10.6 Å². The molecule has 5 heteroatoms. The second kappa shape index (κ2) is 9.58. The van der Waals surface area contributed by atoms with Crippen molar-refractivity contribution in [2.45, 2.75) is 11.8 Å². The minimum absolute atomic E-state index is 0. The van der Waals surface area contributed by atoms with Gasteiger partial charge in [0.1, 0.15) is 0 Å². The maximum absolute atomic E-state index is 4.05. The zero-order valence-electron chi connectivity index (χ0n) is 10.5. The van der Waals surface area contributed by atoms with Crippen LogP contribution in [0, 0.1) is 6.92 Å². The van der Waals surface area contributed by atoms with Crippen LogP contribution in [0.5, 0.6) is 0 Å². The highest BCUT2D eigenvalue weighted by Gasteiger charge is 1.95. The third kappa shape index (κ3) is 6.78. The number of nitrogens with zero attached hydrogens (tertiary/aromatic N) is 1. The molecule has 0 atom stereocenters. The van der Waals surface area contributed by atoms with Crippen LogP contribution in [0.25, 0.3) is 0 Å². The molecule has 0 aliphatic carbocycles. The molecular weight excluding hydrogens is 345 g/mol. The molecule has 0 fully saturated rings. The number of thioether (sulfide) groups is 1. The first-order valence-corrected chi connectivity index (χ1v) is 6.32. The van der Waals surface area contributed by atoms with Gasteiger partial charge in [0.2, 0.25) is 0 Å². The number of benzene rings is 1. The predicted octanol–water partition coefficient (Wildman–Crippen LogP) is 2.50. The van der Waals surface area contributed by atoms with E-state index in [9.17, 15) is 0 Å². The van der Waals surface area contributed by atoms with Crippen LogP contribution in [0.4, 0.5) is 0 Å². The van der Waals surface area contributed by atoms with Crippen molar-refractivity contribution in [1.82, 2.24) is 10.6 Å². The van der Waals surface area contributed by atoms with Crippen molar-refractivity contribution in [2.75, 3.05) is 26.4 Å². The molecule has 1 rings (SSSR count). The molecule has 0 spiro atoms. The molecule has 0 radical (unpaired) electrons. The molecule has 0 saturated carbocycles. The highest BCUT2D eigenvalue weighted by molar-refractivity contribution is 14.0. The number of aryl methyl sites for hydroxylation is 1. The average Bonchev–Trinajstić information content (AvgIpc) is 2.32. The second-order valence-electron chi connectivity index (χ2n) is 3.41. The Morgan fingerprint density at radius 3 is 2.47 bits per heavy atom. The Morgan fingerprint density at radius 1 is 1.29 bits per heavy atom.